The molecule has 0 aromatic heterocycles. The van der Waals surface area contributed by atoms with Crippen molar-refractivity contribution in [3.05, 3.63) is 41.0 Å². The summed E-state index contributed by atoms with van der Waals surface area (Å²) in [6.07, 6.45) is 6.53. The maximum absolute atomic E-state index is 11.8. The quantitative estimate of drug-likeness (QED) is 0.727. The second kappa shape index (κ2) is 6.92. The number of benzene rings is 1. The number of urea groups is 1. The highest BCUT2D eigenvalue weighted by Gasteiger charge is 2.12. The SMILES string of the molecule is Cc1ccc(NC(=O)NCCC2=CCCC2)c(C(=O)O)c1. The van der Waals surface area contributed by atoms with Gasteiger partial charge in [-0.3, -0.25) is 0 Å². The standard InChI is InChI=1S/C16H20N2O3/c1-11-6-7-14(13(10-11)15(19)20)18-16(21)17-9-8-12-4-2-3-5-12/h4,6-7,10H,2-3,5,8-9H2,1H3,(H,19,20)(H2,17,18,21). The van der Waals surface area contributed by atoms with E-state index in [9.17, 15) is 9.59 Å². The van der Waals surface area contributed by atoms with E-state index in [1.807, 2.05) is 6.92 Å². The Hall–Kier alpha value is -2.30. The molecule has 2 rings (SSSR count). The molecule has 1 aliphatic rings. The van der Waals surface area contributed by atoms with Gasteiger partial charge in [-0.2, -0.15) is 0 Å². The van der Waals surface area contributed by atoms with Crippen LogP contribution in [-0.4, -0.2) is 23.7 Å². The maximum Gasteiger partial charge on any atom is 0.337 e. The molecule has 112 valence electrons. The Morgan fingerprint density at radius 1 is 1.33 bits per heavy atom. The molecule has 0 saturated heterocycles. The summed E-state index contributed by atoms with van der Waals surface area (Å²) in [5.74, 6) is -1.05. The largest absolute Gasteiger partial charge is 0.478 e. The van der Waals surface area contributed by atoms with E-state index >= 15 is 0 Å². The fourth-order valence-corrected chi connectivity index (χ4v) is 2.41. The van der Waals surface area contributed by atoms with Crippen LogP contribution in [0.3, 0.4) is 0 Å². The van der Waals surface area contributed by atoms with Crippen LogP contribution in [0, 0.1) is 6.92 Å². The smallest absolute Gasteiger partial charge is 0.337 e. The van der Waals surface area contributed by atoms with E-state index in [-0.39, 0.29) is 11.6 Å². The van der Waals surface area contributed by atoms with Gasteiger partial charge in [-0.05, 0) is 44.7 Å². The molecule has 0 heterocycles. The molecule has 0 fully saturated rings. The normalized spacial score (nSPS) is 13.7. The molecule has 3 N–H and O–H groups in total. The van der Waals surface area contributed by atoms with Gasteiger partial charge in [0.05, 0.1) is 11.3 Å². The van der Waals surface area contributed by atoms with Gasteiger partial charge in [0.15, 0.2) is 0 Å². The first-order valence-electron chi connectivity index (χ1n) is 7.13. The Balaban J connectivity index is 1.88. The predicted molar refractivity (Wildman–Crippen MR) is 81.7 cm³/mol. The van der Waals surface area contributed by atoms with Crippen molar-refractivity contribution >= 4 is 17.7 Å². The molecule has 5 nitrogen and oxygen atoms in total. The number of allylic oxidation sites excluding steroid dienone is 1. The van der Waals surface area contributed by atoms with Crippen LogP contribution in [0.5, 0.6) is 0 Å². The van der Waals surface area contributed by atoms with Gasteiger partial charge >= 0.3 is 12.0 Å². The number of hydrogen-bond donors (Lipinski definition) is 3. The predicted octanol–water partition coefficient (Wildman–Crippen LogP) is 3.32. The van der Waals surface area contributed by atoms with E-state index in [4.69, 9.17) is 5.11 Å². The van der Waals surface area contributed by atoms with E-state index in [1.165, 1.54) is 12.0 Å². The highest BCUT2D eigenvalue weighted by molar-refractivity contribution is 6.00. The van der Waals surface area contributed by atoms with E-state index < -0.39 is 5.97 Å². The number of anilines is 1. The van der Waals surface area contributed by atoms with Crippen LogP contribution in [-0.2, 0) is 0 Å². The first-order valence-corrected chi connectivity index (χ1v) is 7.13. The number of aryl methyl sites for hydroxylation is 1. The Labute approximate surface area is 124 Å². The minimum atomic E-state index is -1.05. The van der Waals surface area contributed by atoms with Gasteiger partial charge in [0.2, 0.25) is 0 Å². The Morgan fingerprint density at radius 2 is 2.14 bits per heavy atom. The Morgan fingerprint density at radius 3 is 2.81 bits per heavy atom. The average molecular weight is 288 g/mol. The topological polar surface area (TPSA) is 78.4 Å². The minimum absolute atomic E-state index is 0.101. The summed E-state index contributed by atoms with van der Waals surface area (Å²) >= 11 is 0. The van der Waals surface area contributed by atoms with Crippen LogP contribution in [0.25, 0.3) is 0 Å². The number of carboxylic acid groups (broad SMARTS) is 1. The van der Waals surface area contributed by atoms with Gasteiger partial charge in [-0.25, -0.2) is 9.59 Å². The fourth-order valence-electron chi connectivity index (χ4n) is 2.41. The molecule has 1 aromatic rings. The van der Waals surface area contributed by atoms with E-state index in [0.717, 1.165) is 24.8 Å². The highest BCUT2D eigenvalue weighted by atomic mass is 16.4. The van der Waals surface area contributed by atoms with Crippen LogP contribution in [0.15, 0.2) is 29.8 Å². The molecule has 21 heavy (non-hydrogen) atoms. The molecule has 2 amide bonds. The monoisotopic (exact) mass is 288 g/mol. The van der Waals surface area contributed by atoms with Crippen molar-refractivity contribution in [2.45, 2.75) is 32.6 Å². The fraction of sp³-hybridized carbons (Fsp3) is 0.375. The first-order chi connectivity index (χ1) is 10.1. The van der Waals surface area contributed by atoms with Gasteiger partial charge in [0.1, 0.15) is 0 Å². The Kier molecular flexibility index (Phi) is 4.98. The van der Waals surface area contributed by atoms with Gasteiger partial charge in [-0.15, -0.1) is 0 Å². The van der Waals surface area contributed by atoms with Gasteiger partial charge < -0.3 is 15.7 Å². The van der Waals surface area contributed by atoms with E-state index in [2.05, 4.69) is 16.7 Å². The van der Waals surface area contributed by atoms with Crippen molar-refractivity contribution in [3.63, 3.8) is 0 Å². The number of nitrogens with one attached hydrogen (secondary N) is 2. The molecule has 1 aliphatic carbocycles. The van der Waals surface area contributed by atoms with Crippen molar-refractivity contribution < 1.29 is 14.7 Å². The zero-order valence-corrected chi connectivity index (χ0v) is 12.1. The molecule has 5 heteroatoms. The van der Waals surface area contributed by atoms with Crippen molar-refractivity contribution in [2.75, 3.05) is 11.9 Å². The van der Waals surface area contributed by atoms with Crippen LogP contribution in [0.4, 0.5) is 10.5 Å². The number of carboxylic acids is 1. The summed E-state index contributed by atoms with van der Waals surface area (Å²) < 4.78 is 0. The number of amides is 2. The lowest BCUT2D eigenvalue weighted by molar-refractivity contribution is 0.0698. The third-order valence-corrected chi connectivity index (χ3v) is 3.52. The summed E-state index contributed by atoms with van der Waals surface area (Å²) in [7, 11) is 0. The second-order valence-electron chi connectivity index (χ2n) is 5.24. The lowest BCUT2D eigenvalue weighted by Gasteiger charge is -2.11. The minimum Gasteiger partial charge on any atom is -0.478 e. The molecule has 0 atom stereocenters. The summed E-state index contributed by atoms with van der Waals surface area (Å²) in [6.45, 7) is 2.37. The summed E-state index contributed by atoms with van der Waals surface area (Å²) in [4.78, 5) is 23.0. The number of aromatic carboxylic acids is 1. The van der Waals surface area contributed by atoms with Crippen LogP contribution in [0.1, 0.15) is 41.6 Å². The van der Waals surface area contributed by atoms with Crippen LogP contribution < -0.4 is 10.6 Å². The molecule has 0 aliphatic heterocycles. The summed E-state index contributed by atoms with van der Waals surface area (Å²) in [5, 5.41) is 14.5. The molecule has 0 spiro atoms. The van der Waals surface area contributed by atoms with E-state index in [1.54, 1.807) is 18.2 Å². The second-order valence-corrected chi connectivity index (χ2v) is 5.24. The van der Waals surface area contributed by atoms with Crippen molar-refractivity contribution in [3.8, 4) is 0 Å². The van der Waals surface area contributed by atoms with Crippen molar-refractivity contribution in [1.29, 1.82) is 0 Å². The highest BCUT2D eigenvalue weighted by Crippen LogP contribution is 2.20. The molecule has 0 bridgehead atoms. The van der Waals surface area contributed by atoms with E-state index in [0.29, 0.717) is 12.2 Å². The zero-order chi connectivity index (χ0) is 15.2. The molecular weight excluding hydrogens is 268 g/mol. The van der Waals surface area contributed by atoms with Crippen molar-refractivity contribution in [2.24, 2.45) is 0 Å². The zero-order valence-electron chi connectivity index (χ0n) is 12.1. The van der Waals surface area contributed by atoms with Gasteiger partial charge in [0.25, 0.3) is 0 Å². The molecule has 0 saturated carbocycles. The first kappa shape index (κ1) is 15.1. The number of carbonyl (C=O) groups is 2. The number of rotatable bonds is 5. The summed E-state index contributed by atoms with van der Waals surface area (Å²) in [6, 6.07) is 4.55. The third-order valence-electron chi connectivity index (χ3n) is 3.52. The Bertz CT molecular complexity index is 579. The van der Waals surface area contributed by atoms with Crippen LogP contribution in [0.2, 0.25) is 0 Å². The third kappa shape index (κ3) is 4.34. The lowest BCUT2D eigenvalue weighted by Crippen LogP contribution is -2.30. The number of carbonyl (C=O) groups excluding carboxylic acids is 1. The average Bonchev–Trinajstić information content (AvgIpc) is 2.94. The summed E-state index contributed by atoms with van der Waals surface area (Å²) in [5.41, 5.74) is 2.64. The molecule has 0 unspecified atom stereocenters. The molecule has 1 aromatic carbocycles. The molecule has 0 radical (unpaired) electrons. The van der Waals surface area contributed by atoms with Crippen LogP contribution >= 0.6 is 0 Å². The van der Waals surface area contributed by atoms with Gasteiger partial charge in [-0.1, -0.05) is 23.3 Å². The maximum atomic E-state index is 11.8. The lowest BCUT2D eigenvalue weighted by atomic mass is 10.1. The number of hydrogen-bond acceptors (Lipinski definition) is 2. The van der Waals surface area contributed by atoms with Crippen molar-refractivity contribution in [1.82, 2.24) is 5.32 Å². The molecular formula is C16H20N2O3. The van der Waals surface area contributed by atoms with Gasteiger partial charge in [0, 0.05) is 6.54 Å².